The average molecular weight is 649 g/mol. The fraction of sp³-hybridized carbons (Fsp3) is 0.486. The molecule has 0 unspecified atom stereocenters. The van der Waals surface area contributed by atoms with Crippen molar-refractivity contribution in [3.63, 3.8) is 0 Å². The number of carbonyl (C=O) groups is 4. The molecule has 47 heavy (non-hydrogen) atoms. The van der Waals surface area contributed by atoms with E-state index in [1.165, 1.54) is 6.20 Å². The number of benzene rings is 1. The van der Waals surface area contributed by atoms with Gasteiger partial charge in [0, 0.05) is 12.7 Å². The van der Waals surface area contributed by atoms with Gasteiger partial charge in [0.2, 0.25) is 11.8 Å². The van der Waals surface area contributed by atoms with Crippen molar-refractivity contribution in [2.75, 3.05) is 5.32 Å². The van der Waals surface area contributed by atoms with Gasteiger partial charge < -0.3 is 30.7 Å². The van der Waals surface area contributed by atoms with Gasteiger partial charge in [-0.1, -0.05) is 38.1 Å². The number of hydrogen-bond donors (Lipinski definition) is 4. The molecule has 4 amide bonds. The summed E-state index contributed by atoms with van der Waals surface area (Å²) in [5, 5.41) is 11.2. The highest BCUT2D eigenvalue weighted by Crippen LogP contribution is 2.18. The van der Waals surface area contributed by atoms with E-state index in [-0.39, 0.29) is 18.9 Å². The van der Waals surface area contributed by atoms with Crippen LogP contribution in [0.15, 0.2) is 54.9 Å². The predicted molar refractivity (Wildman–Crippen MR) is 181 cm³/mol. The second-order valence-electron chi connectivity index (χ2n) is 13.8. The summed E-state index contributed by atoms with van der Waals surface area (Å²) >= 11 is 0. The summed E-state index contributed by atoms with van der Waals surface area (Å²) in [5.41, 5.74) is 2.06. The maximum absolute atomic E-state index is 13.7. The summed E-state index contributed by atoms with van der Waals surface area (Å²) in [7, 11) is 0. The molecule has 0 bridgehead atoms. The van der Waals surface area contributed by atoms with Crippen LogP contribution in [0.1, 0.15) is 79.4 Å². The molecule has 12 nitrogen and oxygen atoms in total. The van der Waals surface area contributed by atoms with Crippen molar-refractivity contribution in [3.05, 3.63) is 66.0 Å². The number of aromatic nitrogens is 2. The molecular formula is C35H48N6O6. The van der Waals surface area contributed by atoms with Crippen molar-refractivity contribution in [2.45, 2.75) is 104 Å². The molecular weight excluding hydrogens is 600 g/mol. The van der Waals surface area contributed by atoms with E-state index < -0.39 is 47.3 Å². The van der Waals surface area contributed by atoms with Gasteiger partial charge in [0.15, 0.2) is 0 Å². The molecule has 12 heteroatoms. The first kappa shape index (κ1) is 36.7. The molecule has 0 saturated heterocycles. The van der Waals surface area contributed by atoms with Crippen LogP contribution < -0.4 is 21.3 Å². The summed E-state index contributed by atoms with van der Waals surface area (Å²) in [6.45, 7) is 14.7. The number of alkyl carbamates (subject to hydrolysis) is 2. The molecule has 0 aliphatic heterocycles. The van der Waals surface area contributed by atoms with Gasteiger partial charge in [0.05, 0.1) is 22.9 Å². The lowest BCUT2D eigenvalue weighted by Gasteiger charge is -2.26. The lowest BCUT2D eigenvalue weighted by molar-refractivity contribution is -0.128. The summed E-state index contributed by atoms with van der Waals surface area (Å²) in [5.74, 6) is -0.906. The van der Waals surface area contributed by atoms with Crippen molar-refractivity contribution < 1.29 is 28.7 Å². The van der Waals surface area contributed by atoms with Crippen molar-refractivity contribution in [1.29, 1.82) is 0 Å². The van der Waals surface area contributed by atoms with Gasteiger partial charge in [-0.25, -0.2) is 9.59 Å². The number of pyridine rings is 2. The summed E-state index contributed by atoms with van der Waals surface area (Å²) in [4.78, 5) is 61.0. The van der Waals surface area contributed by atoms with Crippen LogP contribution in [0.5, 0.6) is 0 Å². The van der Waals surface area contributed by atoms with E-state index in [9.17, 15) is 19.2 Å². The van der Waals surface area contributed by atoms with Crippen molar-refractivity contribution in [2.24, 2.45) is 5.92 Å². The van der Waals surface area contributed by atoms with Crippen LogP contribution in [-0.4, -0.2) is 57.3 Å². The Hall–Kier alpha value is -4.74. The van der Waals surface area contributed by atoms with Crippen molar-refractivity contribution >= 4 is 40.7 Å². The van der Waals surface area contributed by atoms with Gasteiger partial charge in [0.1, 0.15) is 23.3 Å². The number of rotatable bonds is 12. The van der Waals surface area contributed by atoms with Gasteiger partial charge in [-0.05, 0) is 96.0 Å². The van der Waals surface area contributed by atoms with E-state index in [1.54, 1.807) is 59.9 Å². The number of anilines is 1. The fourth-order valence-corrected chi connectivity index (χ4v) is 4.70. The topological polar surface area (TPSA) is 161 Å². The summed E-state index contributed by atoms with van der Waals surface area (Å²) in [6, 6.07) is 10.9. The lowest BCUT2D eigenvalue weighted by Crippen LogP contribution is -2.53. The molecule has 0 aliphatic carbocycles. The molecule has 0 saturated carbocycles. The highest BCUT2D eigenvalue weighted by atomic mass is 16.6. The Bertz CT molecular complexity index is 1550. The maximum atomic E-state index is 13.7. The highest BCUT2D eigenvalue weighted by molar-refractivity contribution is 5.99. The van der Waals surface area contributed by atoms with Gasteiger partial charge in [-0.15, -0.1) is 0 Å². The van der Waals surface area contributed by atoms with Gasteiger partial charge in [-0.2, -0.15) is 0 Å². The first-order valence-electron chi connectivity index (χ1n) is 15.8. The molecule has 0 radical (unpaired) electrons. The summed E-state index contributed by atoms with van der Waals surface area (Å²) < 4.78 is 10.8. The van der Waals surface area contributed by atoms with Crippen LogP contribution in [0.3, 0.4) is 0 Å². The number of aryl methyl sites for hydroxylation is 1. The number of nitrogens with one attached hydrogen (secondary N) is 4. The first-order valence-corrected chi connectivity index (χ1v) is 15.8. The lowest BCUT2D eigenvalue weighted by atomic mass is 9.98. The number of fused-ring (bicyclic) bond motifs is 1. The normalized spacial score (nSPS) is 13.0. The van der Waals surface area contributed by atoms with Gasteiger partial charge in [0.25, 0.3) is 0 Å². The number of carbonyl (C=O) groups excluding carboxylic acids is 4. The van der Waals surface area contributed by atoms with E-state index >= 15 is 0 Å². The monoisotopic (exact) mass is 648 g/mol. The number of nitrogens with zero attached hydrogens (tertiary/aromatic N) is 2. The van der Waals surface area contributed by atoms with Crippen LogP contribution in [0.4, 0.5) is 15.3 Å². The Kier molecular flexibility index (Phi) is 12.7. The SMILES string of the molecule is CC(C)C[C@H](NC(=O)OC(C)(C)C)C(=O)N[C@H](CCc1ccccc1CNC(=O)OC(C)(C)C)C(=O)Nc1cnc2cccnc2c1. The Morgan fingerprint density at radius 2 is 1.43 bits per heavy atom. The smallest absolute Gasteiger partial charge is 0.408 e. The quantitative estimate of drug-likeness (QED) is 0.196. The average Bonchev–Trinajstić information content (AvgIpc) is 2.96. The molecule has 0 aliphatic rings. The minimum absolute atomic E-state index is 0.0634. The van der Waals surface area contributed by atoms with E-state index in [2.05, 4.69) is 31.2 Å². The number of ether oxygens (including phenoxy) is 2. The third kappa shape index (κ3) is 12.9. The Morgan fingerprint density at radius 1 is 0.766 bits per heavy atom. The van der Waals surface area contributed by atoms with Crippen LogP contribution in [0, 0.1) is 5.92 Å². The second kappa shape index (κ2) is 16.2. The third-order valence-electron chi connectivity index (χ3n) is 6.71. The standard InChI is InChI=1S/C35H48N6O6/c1-22(2)18-29(41-33(45)47-35(6,7)8)31(43)40-27(30(42)39-25-19-28-26(37-21-25)14-11-17-36-28)16-15-23-12-9-10-13-24(23)20-38-32(44)46-34(3,4)5/h9-14,17,19,21-22,27,29H,15-16,18,20H2,1-8H3,(H,38,44)(H,39,42)(H,40,43)(H,41,45)/t27-,29+/m1/s1. The van der Waals surface area contributed by atoms with E-state index in [0.717, 1.165) is 11.1 Å². The first-order chi connectivity index (χ1) is 22.0. The van der Waals surface area contributed by atoms with Crippen molar-refractivity contribution in [1.82, 2.24) is 25.9 Å². The Labute approximate surface area is 276 Å². The van der Waals surface area contributed by atoms with Crippen LogP contribution in [-0.2, 0) is 32.0 Å². The molecule has 3 rings (SSSR count). The molecule has 3 aromatic rings. The zero-order chi connectivity index (χ0) is 34.8. The van der Waals surface area contributed by atoms with Gasteiger partial charge >= 0.3 is 12.2 Å². The number of amides is 4. The molecule has 0 spiro atoms. The predicted octanol–water partition coefficient (Wildman–Crippen LogP) is 5.65. The molecule has 2 atom stereocenters. The second-order valence-corrected chi connectivity index (χ2v) is 13.8. The van der Waals surface area contributed by atoms with Gasteiger partial charge in [-0.3, -0.25) is 19.6 Å². The molecule has 2 aromatic heterocycles. The van der Waals surface area contributed by atoms with Crippen LogP contribution in [0.25, 0.3) is 11.0 Å². The van der Waals surface area contributed by atoms with E-state index in [1.807, 2.05) is 44.2 Å². The molecule has 254 valence electrons. The van der Waals surface area contributed by atoms with Crippen LogP contribution >= 0.6 is 0 Å². The largest absolute Gasteiger partial charge is 0.444 e. The van der Waals surface area contributed by atoms with Crippen LogP contribution in [0.2, 0.25) is 0 Å². The Morgan fingerprint density at radius 3 is 2.09 bits per heavy atom. The zero-order valence-corrected chi connectivity index (χ0v) is 28.6. The zero-order valence-electron chi connectivity index (χ0n) is 28.6. The fourth-order valence-electron chi connectivity index (χ4n) is 4.70. The van der Waals surface area contributed by atoms with Crippen molar-refractivity contribution in [3.8, 4) is 0 Å². The third-order valence-corrected chi connectivity index (χ3v) is 6.71. The van der Waals surface area contributed by atoms with E-state index in [0.29, 0.717) is 29.6 Å². The minimum Gasteiger partial charge on any atom is -0.444 e. The Balaban J connectivity index is 1.82. The van der Waals surface area contributed by atoms with E-state index in [4.69, 9.17) is 9.47 Å². The minimum atomic E-state index is -0.983. The highest BCUT2D eigenvalue weighted by Gasteiger charge is 2.29. The maximum Gasteiger partial charge on any atom is 0.408 e. The molecule has 1 aromatic carbocycles. The summed E-state index contributed by atoms with van der Waals surface area (Å²) in [6.07, 6.45) is 2.87. The molecule has 2 heterocycles. The number of hydrogen-bond acceptors (Lipinski definition) is 8. The molecule has 4 N–H and O–H groups in total. The molecule has 0 fully saturated rings.